The van der Waals surface area contributed by atoms with E-state index in [1.807, 2.05) is 0 Å². The molecule has 0 aromatic heterocycles. The Morgan fingerprint density at radius 2 is 1.66 bits per heavy atom. The minimum atomic E-state index is -3.89. The summed E-state index contributed by atoms with van der Waals surface area (Å²) in [5.41, 5.74) is 0.326. The van der Waals surface area contributed by atoms with Crippen molar-refractivity contribution in [2.75, 3.05) is 26.9 Å². The van der Waals surface area contributed by atoms with Gasteiger partial charge in [0, 0.05) is 12.0 Å². The first-order valence-electron chi connectivity index (χ1n) is 8.60. The van der Waals surface area contributed by atoms with Crippen molar-refractivity contribution in [1.29, 1.82) is 0 Å². The summed E-state index contributed by atoms with van der Waals surface area (Å²) in [6.45, 7) is 2.74. The zero-order valence-corrected chi connectivity index (χ0v) is 19.3. The first-order chi connectivity index (χ1) is 13.5. The molecular formula is C17H23Cl3NO7P. The third kappa shape index (κ3) is 9.11. The predicted octanol–water partition coefficient (Wildman–Crippen LogP) is 4.96. The normalized spacial score (nSPS) is 12.9. The summed E-state index contributed by atoms with van der Waals surface area (Å²) >= 11 is 16.6. The standard InChI is InChI=1S/C17H23Cl3NO7P/c1-4-27-29(24,28-5-2)15(21-16(23)26-11-17(18,19)20)10-14(22)12-6-8-13(25-3)9-7-12/h6-9,15H,4-5,10-11H2,1-3H3,(H,21,23)/t15-/m0/s1. The smallest absolute Gasteiger partial charge is 0.408 e. The predicted molar refractivity (Wildman–Crippen MR) is 111 cm³/mol. The van der Waals surface area contributed by atoms with Gasteiger partial charge in [-0.1, -0.05) is 34.8 Å². The van der Waals surface area contributed by atoms with E-state index in [-0.39, 0.29) is 19.6 Å². The van der Waals surface area contributed by atoms with E-state index in [0.29, 0.717) is 11.3 Å². The maximum absolute atomic E-state index is 13.2. The highest BCUT2D eigenvalue weighted by atomic mass is 35.6. The van der Waals surface area contributed by atoms with Gasteiger partial charge in [0.2, 0.25) is 3.79 Å². The number of hydrogen-bond acceptors (Lipinski definition) is 7. The van der Waals surface area contributed by atoms with Crippen molar-refractivity contribution in [2.45, 2.75) is 29.8 Å². The zero-order chi connectivity index (χ0) is 22.1. The lowest BCUT2D eigenvalue weighted by molar-refractivity contribution is 0.0965. The maximum Gasteiger partial charge on any atom is 0.408 e. The number of carbonyl (C=O) groups excluding carboxylic acids is 2. The van der Waals surface area contributed by atoms with Crippen molar-refractivity contribution < 1.29 is 32.7 Å². The number of alkyl halides is 3. The molecule has 164 valence electrons. The Labute approximate surface area is 184 Å². The van der Waals surface area contributed by atoms with E-state index in [1.165, 1.54) is 7.11 Å². The minimum Gasteiger partial charge on any atom is -0.497 e. The van der Waals surface area contributed by atoms with Crippen LogP contribution in [0.2, 0.25) is 0 Å². The van der Waals surface area contributed by atoms with Gasteiger partial charge in [0.05, 0.1) is 20.3 Å². The number of halogens is 3. The van der Waals surface area contributed by atoms with E-state index in [0.717, 1.165) is 0 Å². The average molecular weight is 491 g/mol. The highest BCUT2D eigenvalue weighted by molar-refractivity contribution is 7.54. The fourth-order valence-electron chi connectivity index (χ4n) is 2.21. The van der Waals surface area contributed by atoms with Crippen LogP contribution in [0.3, 0.4) is 0 Å². The summed E-state index contributed by atoms with van der Waals surface area (Å²) in [7, 11) is -2.39. The molecule has 8 nitrogen and oxygen atoms in total. The Bertz CT molecular complexity index is 715. The number of Topliss-reactive ketones (excluding diaryl/α,β-unsaturated/α-hetero) is 1. The zero-order valence-electron chi connectivity index (χ0n) is 16.2. The first-order valence-corrected chi connectivity index (χ1v) is 11.3. The fourth-order valence-corrected chi connectivity index (χ4v) is 4.19. The Hall–Kier alpha value is -1.02. The highest BCUT2D eigenvalue weighted by Crippen LogP contribution is 2.53. The molecule has 1 rings (SSSR count). The van der Waals surface area contributed by atoms with E-state index in [1.54, 1.807) is 38.1 Å². The maximum atomic E-state index is 13.2. The third-order valence-corrected chi connectivity index (χ3v) is 6.08. The van der Waals surface area contributed by atoms with E-state index in [2.05, 4.69) is 5.32 Å². The number of alkyl carbamates (subject to hydrolysis) is 1. The van der Waals surface area contributed by atoms with E-state index in [9.17, 15) is 14.2 Å². The van der Waals surface area contributed by atoms with Crippen LogP contribution in [0, 0.1) is 0 Å². The molecule has 0 unspecified atom stereocenters. The molecular weight excluding hydrogens is 468 g/mol. The van der Waals surface area contributed by atoms with Crippen LogP contribution in [0.1, 0.15) is 30.6 Å². The lowest BCUT2D eigenvalue weighted by Crippen LogP contribution is -2.39. The summed E-state index contributed by atoms with van der Waals surface area (Å²) < 4.78 is 31.7. The first kappa shape index (κ1) is 26.0. The van der Waals surface area contributed by atoms with E-state index in [4.69, 9.17) is 53.3 Å². The Balaban J connectivity index is 3.03. The second kappa shape index (κ2) is 12.0. The van der Waals surface area contributed by atoms with Crippen molar-refractivity contribution in [3.63, 3.8) is 0 Å². The minimum absolute atomic E-state index is 0.0371. The summed E-state index contributed by atoms with van der Waals surface area (Å²) in [5.74, 6) is -1.14. The van der Waals surface area contributed by atoms with Crippen molar-refractivity contribution >= 4 is 54.3 Å². The SMILES string of the molecule is CCOP(=O)(OCC)[C@@H](CC(=O)c1ccc(OC)cc1)NC(=O)OCC(Cl)(Cl)Cl. The van der Waals surface area contributed by atoms with Crippen LogP contribution >= 0.6 is 42.4 Å². The van der Waals surface area contributed by atoms with Crippen molar-refractivity contribution in [1.82, 2.24) is 5.32 Å². The molecule has 0 saturated heterocycles. The van der Waals surface area contributed by atoms with Gasteiger partial charge in [0.1, 0.15) is 18.1 Å². The van der Waals surface area contributed by atoms with Crippen LogP contribution in [0.5, 0.6) is 5.75 Å². The van der Waals surface area contributed by atoms with Crippen LogP contribution in [-0.4, -0.2) is 48.4 Å². The second-order valence-electron chi connectivity index (χ2n) is 5.58. The molecule has 0 aliphatic carbocycles. The topological polar surface area (TPSA) is 100 Å². The number of methoxy groups -OCH3 is 1. The molecule has 0 fully saturated rings. The van der Waals surface area contributed by atoms with Crippen LogP contribution < -0.4 is 10.1 Å². The van der Waals surface area contributed by atoms with Gasteiger partial charge < -0.3 is 23.8 Å². The number of benzene rings is 1. The Morgan fingerprint density at radius 3 is 2.10 bits per heavy atom. The number of ketones is 1. The molecule has 12 heteroatoms. The molecule has 1 aromatic rings. The van der Waals surface area contributed by atoms with Gasteiger partial charge in [-0.05, 0) is 38.1 Å². The van der Waals surface area contributed by atoms with Crippen LogP contribution in [0.4, 0.5) is 4.79 Å². The van der Waals surface area contributed by atoms with E-state index >= 15 is 0 Å². The highest BCUT2D eigenvalue weighted by Gasteiger charge is 2.39. The summed E-state index contributed by atoms with van der Waals surface area (Å²) in [5, 5.41) is 2.33. The van der Waals surface area contributed by atoms with Crippen LogP contribution in [0.25, 0.3) is 0 Å². The van der Waals surface area contributed by atoms with Gasteiger partial charge in [-0.3, -0.25) is 9.36 Å². The lowest BCUT2D eigenvalue weighted by Gasteiger charge is -2.26. The number of nitrogens with one attached hydrogen (secondary N) is 1. The van der Waals surface area contributed by atoms with Gasteiger partial charge in [0.25, 0.3) is 0 Å². The van der Waals surface area contributed by atoms with Crippen LogP contribution in [-0.2, 0) is 18.3 Å². The molecule has 0 aliphatic heterocycles. The molecule has 0 bridgehead atoms. The fraction of sp³-hybridized carbons (Fsp3) is 0.529. The van der Waals surface area contributed by atoms with Gasteiger partial charge in [-0.2, -0.15) is 0 Å². The third-order valence-electron chi connectivity index (χ3n) is 3.44. The number of ether oxygens (including phenoxy) is 2. The molecule has 1 amide bonds. The summed E-state index contributed by atoms with van der Waals surface area (Å²) in [4.78, 5) is 24.8. The average Bonchev–Trinajstić information content (AvgIpc) is 2.65. The van der Waals surface area contributed by atoms with Crippen molar-refractivity contribution in [3.05, 3.63) is 29.8 Å². The summed E-state index contributed by atoms with van der Waals surface area (Å²) in [6.07, 6.45) is -1.41. The van der Waals surface area contributed by atoms with Gasteiger partial charge >= 0.3 is 13.7 Å². The molecule has 1 aromatic carbocycles. The molecule has 1 N–H and O–H groups in total. The van der Waals surface area contributed by atoms with Gasteiger partial charge in [-0.15, -0.1) is 0 Å². The lowest BCUT2D eigenvalue weighted by atomic mass is 10.1. The molecule has 1 atom stereocenters. The molecule has 0 heterocycles. The Kier molecular flexibility index (Phi) is 10.8. The van der Waals surface area contributed by atoms with E-state index < -0.39 is 35.7 Å². The molecule has 0 spiro atoms. The number of hydrogen-bond donors (Lipinski definition) is 1. The van der Waals surface area contributed by atoms with Gasteiger partial charge in [-0.25, -0.2) is 4.79 Å². The second-order valence-corrected chi connectivity index (χ2v) is 10.3. The van der Waals surface area contributed by atoms with Crippen molar-refractivity contribution in [2.24, 2.45) is 0 Å². The molecule has 0 aliphatic rings. The van der Waals surface area contributed by atoms with Gasteiger partial charge in [0.15, 0.2) is 5.78 Å². The molecule has 0 saturated carbocycles. The quantitative estimate of drug-likeness (QED) is 0.266. The number of rotatable bonds is 11. The largest absolute Gasteiger partial charge is 0.497 e. The summed E-state index contributed by atoms with van der Waals surface area (Å²) in [6, 6.07) is 6.31. The monoisotopic (exact) mass is 489 g/mol. The number of amides is 1. The molecule has 0 radical (unpaired) electrons. The Morgan fingerprint density at radius 1 is 1.10 bits per heavy atom. The number of carbonyl (C=O) groups is 2. The molecule has 29 heavy (non-hydrogen) atoms. The van der Waals surface area contributed by atoms with Crippen molar-refractivity contribution in [3.8, 4) is 5.75 Å². The van der Waals surface area contributed by atoms with Crippen LogP contribution in [0.15, 0.2) is 24.3 Å².